The lowest BCUT2D eigenvalue weighted by Crippen LogP contribution is -2.26. The van der Waals surface area contributed by atoms with Gasteiger partial charge >= 0.3 is 5.92 Å². The van der Waals surface area contributed by atoms with Gasteiger partial charge in [-0.05, 0) is 37.3 Å². The summed E-state index contributed by atoms with van der Waals surface area (Å²) >= 11 is 12.2. The molecule has 0 aliphatic carbocycles. The average Bonchev–Trinajstić information content (AvgIpc) is 3.12. The van der Waals surface area contributed by atoms with E-state index in [0.29, 0.717) is 27.2 Å². The standard InChI is InChI=1S/C19H15Cl2F2N7/c1-11-8-16(25-10-19(22,23)15-4-2-3-7-24-15)30-18(26-11)28-17(29-30)27-14-9-12(20)5-6-13(14)21/h2-9,25H,10H2,1H3,(H,27,29). The number of aryl methyl sites for hydroxylation is 1. The van der Waals surface area contributed by atoms with Gasteiger partial charge in [0.15, 0.2) is 0 Å². The van der Waals surface area contributed by atoms with E-state index >= 15 is 0 Å². The van der Waals surface area contributed by atoms with E-state index < -0.39 is 12.5 Å². The molecule has 0 radical (unpaired) electrons. The lowest BCUT2D eigenvalue weighted by Gasteiger charge is -2.17. The molecule has 4 rings (SSSR count). The minimum absolute atomic E-state index is 0.191. The van der Waals surface area contributed by atoms with E-state index in [0.717, 1.165) is 0 Å². The van der Waals surface area contributed by atoms with Crippen molar-refractivity contribution in [3.05, 3.63) is 70.1 Å². The van der Waals surface area contributed by atoms with Crippen LogP contribution in [0.2, 0.25) is 10.0 Å². The van der Waals surface area contributed by atoms with Crippen LogP contribution in [0.5, 0.6) is 0 Å². The molecule has 0 fully saturated rings. The Morgan fingerprint density at radius 3 is 2.70 bits per heavy atom. The Kier molecular flexibility index (Phi) is 5.40. The normalized spacial score (nSPS) is 11.6. The number of alkyl halides is 2. The Morgan fingerprint density at radius 1 is 1.10 bits per heavy atom. The van der Waals surface area contributed by atoms with E-state index in [9.17, 15) is 8.78 Å². The molecule has 2 N–H and O–H groups in total. The number of anilines is 3. The summed E-state index contributed by atoms with van der Waals surface area (Å²) in [5.74, 6) is -2.44. The number of pyridine rings is 1. The summed E-state index contributed by atoms with van der Waals surface area (Å²) in [4.78, 5) is 12.3. The fourth-order valence-electron chi connectivity index (χ4n) is 2.75. The Morgan fingerprint density at radius 2 is 1.93 bits per heavy atom. The summed E-state index contributed by atoms with van der Waals surface area (Å²) in [6.45, 7) is 1.06. The Balaban J connectivity index is 1.62. The molecule has 4 aromatic rings. The van der Waals surface area contributed by atoms with E-state index in [4.69, 9.17) is 23.2 Å². The van der Waals surface area contributed by atoms with Crippen LogP contribution in [0, 0.1) is 6.92 Å². The van der Waals surface area contributed by atoms with Crippen molar-refractivity contribution in [2.24, 2.45) is 0 Å². The topological polar surface area (TPSA) is 80.0 Å². The van der Waals surface area contributed by atoms with Crippen molar-refractivity contribution in [3.63, 3.8) is 0 Å². The molecule has 30 heavy (non-hydrogen) atoms. The van der Waals surface area contributed by atoms with Crippen molar-refractivity contribution in [2.75, 3.05) is 17.2 Å². The number of nitrogens with zero attached hydrogens (tertiary/aromatic N) is 5. The first-order valence-electron chi connectivity index (χ1n) is 8.81. The summed E-state index contributed by atoms with van der Waals surface area (Å²) in [6, 6.07) is 10.9. The zero-order chi connectivity index (χ0) is 21.3. The van der Waals surface area contributed by atoms with E-state index in [-0.39, 0.29) is 17.4 Å². The summed E-state index contributed by atoms with van der Waals surface area (Å²) in [5, 5.41) is 10.9. The minimum atomic E-state index is -3.18. The predicted molar refractivity (Wildman–Crippen MR) is 112 cm³/mol. The number of nitrogens with one attached hydrogen (secondary N) is 2. The largest absolute Gasteiger partial charge is 0.363 e. The molecular formula is C19H15Cl2F2N7. The molecule has 7 nitrogen and oxygen atoms in total. The van der Waals surface area contributed by atoms with Crippen LogP contribution in [-0.2, 0) is 5.92 Å². The van der Waals surface area contributed by atoms with E-state index in [1.165, 1.54) is 22.8 Å². The minimum Gasteiger partial charge on any atom is -0.363 e. The van der Waals surface area contributed by atoms with Crippen molar-refractivity contribution < 1.29 is 8.78 Å². The summed E-state index contributed by atoms with van der Waals surface area (Å²) in [6.07, 6.45) is 1.33. The number of halogens is 4. The smallest absolute Gasteiger partial charge is 0.306 e. The highest BCUT2D eigenvalue weighted by Crippen LogP contribution is 2.29. The van der Waals surface area contributed by atoms with Gasteiger partial charge in [-0.1, -0.05) is 29.3 Å². The van der Waals surface area contributed by atoms with Gasteiger partial charge in [-0.2, -0.15) is 18.3 Å². The molecule has 0 aliphatic heterocycles. The molecule has 0 bridgehead atoms. The number of aromatic nitrogens is 5. The number of fused-ring (bicyclic) bond motifs is 1. The van der Waals surface area contributed by atoms with Crippen LogP contribution < -0.4 is 10.6 Å². The van der Waals surface area contributed by atoms with Gasteiger partial charge in [0.2, 0.25) is 5.95 Å². The van der Waals surface area contributed by atoms with Gasteiger partial charge in [0.05, 0.1) is 17.3 Å². The quantitative estimate of drug-likeness (QED) is 0.427. The molecule has 3 aromatic heterocycles. The highest BCUT2D eigenvalue weighted by atomic mass is 35.5. The SMILES string of the molecule is Cc1cc(NCC(F)(F)c2ccccn2)n2nc(Nc3cc(Cl)ccc3Cl)nc2n1. The van der Waals surface area contributed by atoms with Crippen LogP contribution in [0.25, 0.3) is 5.78 Å². The average molecular weight is 450 g/mol. The molecule has 1 aromatic carbocycles. The lowest BCUT2D eigenvalue weighted by atomic mass is 10.2. The summed E-state index contributed by atoms with van der Waals surface area (Å²) in [5.41, 5.74) is 0.773. The Hall–Kier alpha value is -3.04. The molecule has 0 amide bonds. The van der Waals surface area contributed by atoms with Gasteiger partial charge in [0.1, 0.15) is 11.5 Å². The zero-order valence-corrected chi connectivity index (χ0v) is 17.1. The first-order valence-corrected chi connectivity index (χ1v) is 9.57. The van der Waals surface area contributed by atoms with E-state index in [1.54, 1.807) is 37.3 Å². The molecule has 0 saturated carbocycles. The van der Waals surface area contributed by atoms with E-state index in [2.05, 4.69) is 30.7 Å². The Bertz CT molecular complexity index is 1200. The van der Waals surface area contributed by atoms with Gasteiger partial charge in [-0.25, -0.2) is 4.98 Å². The highest BCUT2D eigenvalue weighted by Gasteiger charge is 2.33. The lowest BCUT2D eigenvalue weighted by molar-refractivity contribution is 0.00588. The van der Waals surface area contributed by atoms with Crippen molar-refractivity contribution in [2.45, 2.75) is 12.8 Å². The molecule has 3 heterocycles. The first kappa shape index (κ1) is 20.2. The molecule has 0 unspecified atom stereocenters. The molecule has 0 atom stereocenters. The summed E-state index contributed by atoms with van der Waals surface area (Å²) < 4.78 is 30.3. The van der Waals surface area contributed by atoms with Crippen LogP contribution >= 0.6 is 23.2 Å². The van der Waals surface area contributed by atoms with Gasteiger partial charge in [-0.3, -0.25) is 4.98 Å². The summed E-state index contributed by atoms with van der Waals surface area (Å²) in [7, 11) is 0. The second-order valence-corrected chi connectivity index (χ2v) is 7.30. The molecule has 0 saturated heterocycles. The molecule has 0 spiro atoms. The number of hydrogen-bond acceptors (Lipinski definition) is 6. The fourth-order valence-corrected chi connectivity index (χ4v) is 3.09. The van der Waals surface area contributed by atoms with Crippen LogP contribution in [0.3, 0.4) is 0 Å². The number of hydrogen-bond donors (Lipinski definition) is 2. The first-order chi connectivity index (χ1) is 14.3. The van der Waals surface area contributed by atoms with Gasteiger partial charge < -0.3 is 10.6 Å². The van der Waals surface area contributed by atoms with Crippen molar-refractivity contribution in [1.82, 2.24) is 24.6 Å². The molecule has 154 valence electrons. The molecular weight excluding hydrogens is 435 g/mol. The van der Waals surface area contributed by atoms with Gasteiger partial charge in [0.25, 0.3) is 5.78 Å². The molecule has 0 aliphatic rings. The second kappa shape index (κ2) is 8.00. The highest BCUT2D eigenvalue weighted by molar-refractivity contribution is 6.35. The van der Waals surface area contributed by atoms with Gasteiger partial charge in [-0.15, -0.1) is 5.10 Å². The third-order valence-corrected chi connectivity index (χ3v) is 4.71. The number of benzene rings is 1. The Labute approximate surface area is 180 Å². The number of rotatable bonds is 6. The maximum atomic E-state index is 14.5. The van der Waals surface area contributed by atoms with Gasteiger partial charge in [0, 0.05) is 23.0 Å². The maximum absolute atomic E-state index is 14.5. The van der Waals surface area contributed by atoms with Crippen molar-refractivity contribution in [3.8, 4) is 0 Å². The zero-order valence-electron chi connectivity index (χ0n) is 15.6. The third-order valence-electron chi connectivity index (χ3n) is 4.15. The van der Waals surface area contributed by atoms with Crippen LogP contribution in [-0.4, -0.2) is 31.1 Å². The second-order valence-electron chi connectivity index (χ2n) is 6.45. The monoisotopic (exact) mass is 449 g/mol. The predicted octanol–water partition coefficient (Wildman–Crippen LogP) is 5.08. The maximum Gasteiger partial charge on any atom is 0.306 e. The fraction of sp³-hybridized carbons (Fsp3) is 0.158. The van der Waals surface area contributed by atoms with Crippen molar-refractivity contribution >= 4 is 46.4 Å². The van der Waals surface area contributed by atoms with E-state index in [1.807, 2.05) is 0 Å². The van der Waals surface area contributed by atoms with Crippen LogP contribution in [0.15, 0.2) is 48.7 Å². The van der Waals surface area contributed by atoms with Crippen LogP contribution in [0.4, 0.5) is 26.2 Å². The third kappa shape index (κ3) is 4.27. The van der Waals surface area contributed by atoms with Crippen LogP contribution in [0.1, 0.15) is 11.4 Å². The van der Waals surface area contributed by atoms with Crippen molar-refractivity contribution in [1.29, 1.82) is 0 Å². The molecule has 11 heteroatoms.